The highest BCUT2D eigenvalue weighted by atomic mass is 16.1. The second kappa shape index (κ2) is 6.10. The van der Waals surface area contributed by atoms with Crippen LogP contribution in [0, 0.1) is 0 Å². The number of allylic oxidation sites excluding steroid dienone is 1. The van der Waals surface area contributed by atoms with Gasteiger partial charge in [0.05, 0.1) is 0 Å². The topological polar surface area (TPSA) is 30.0 Å². The molecule has 1 aromatic carbocycles. The van der Waals surface area contributed by atoms with Gasteiger partial charge in [-0.15, -0.1) is 0 Å². The fourth-order valence-electron chi connectivity index (χ4n) is 1.77. The summed E-state index contributed by atoms with van der Waals surface area (Å²) in [6.07, 6.45) is 6.81. The lowest BCUT2D eigenvalue weighted by atomic mass is 10.0. The van der Waals surface area contributed by atoms with Crippen molar-refractivity contribution < 1.29 is 4.79 Å². The molecule has 0 aliphatic carbocycles. The minimum Gasteiger partial charge on any atom is -0.289 e. The number of carbonyl (C=O) groups is 1. The van der Waals surface area contributed by atoms with Crippen molar-refractivity contribution in [2.75, 3.05) is 0 Å². The van der Waals surface area contributed by atoms with Gasteiger partial charge in [-0.3, -0.25) is 9.78 Å². The van der Waals surface area contributed by atoms with Crippen LogP contribution in [0.5, 0.6) is 0 Å². The van der Waals surface area contributed by atoms with Crippen LogP contribution in [0.3, 0.4) is 0 Å². The Balaban J connectivity index is 2.10. The smallest absolute Gasteiger partial charge is 0.185 e. The van der Waals surface area contributed by atoms with Crippen LogP contribution in [-0.2, 0) is 0 Å². The monoisotopic (exact) mass is 251 g/mol. The molecule has 96 valence electrons. The Morgan fingerprint density at radius 3 is 2.47 bits per heavy atom. The summed E-state index contributed by atoms with van der Waals surface area (Å²) in [5.41, 5.74) is 2.88. The molecule has 0 aliphatic heterocycles. The van der Waals surface area contributed by atoms with E-state index in [1.54, 1.807) is 24.5 Å². The summed E-state index contributed by atoms with van der Waals surface area (Å²) in [5.74, 6) is 0.495. The van der Waals surface area contributed by atoms with Crippen LogP contribution in [-0.4, -0.2) is 10.8 Å². The van der Waals surface area contributed by atoms with Gasteiger partial charge < -0.3 is 0 Å². The lowest BCUT2D eigenvalue weighted by Crippen LogP contribution is -1.95. The van der Waals surface area contributed by atoms with Gasteiger partial charge in [-0.1, -0.05) is 44.2 Å². The van der Waals surface area contributed by atoms with Crippen molar-refractivity contribution in [2.45, 2.75) is 19.8 Å². The molecule has 2 heteroatoms. The van der Waals surface area contributed by atoms with E-state index in [0.717, 1.165) is 5.56 Å². The van der Waals surface area contributed by atoms with E-state index in [2.05, 4.69) is 18.8 Å². The SMILES string of the molecule is CC(C)c1ccc(C(=O)/C=C/c2cccnc2)cc1. The number of pyridine rings is 1. The zero-order chi connectivity index (χ0) is 13.7. The van der Waals surface area contributed by atoms with E-state index in [4.69, 9.17) is 0 Å². The molecular weight excluding hydrogens is 234 g/mol. The van der Waals surface area contributed by atoms with E-state index in [-0.39, 0.29) is 5.78 Å². The normalized spacial score (nSPS) is 11.1. The van der Waals surface area contributed by atoms with Gasteiger partial charge in [0.25, 0.3) is 0 Å². The van der Waals surface area contributed by atoms with E-state index in [0.29, 0.717) is 11.5 Å². The molecule has 0 fully saturated rings. The minimum atomic E-state index is 0.0131. The fourth-order valence-corrected chi connectivity index (χ4v) is 1.77. The highest BCUT2D eigenvalue weighted by Crippen LogP contribution is 2.15. The van der Waals surface area contributed by atoms with Crippen molar-refractivity contribution in [1.82, 2.24) is 4.98 Å². The van der Waals surface area contributed by atoms with Crippen LogP contribution >= 0.6 is 0 Å². The van der Waals surface area contributed by atoms with Gasteiger partial charge in [-0.05, 0) is 35.3 Å². The fraction of sp³-hybridized carbons (Fsp3) is 0.176. The Hall–Kier alpha value is -2.22. The third kappa shape index (κ3) is 3.62. The molecule has 2 aromatic rings. The Morgan fingerprint density at radius 1 is 1.16 bits per heavy atom. The van der Waals surface area contributed by atoms with E-state index >= 15 is 0 Å². The average molecular weight is 251 g/mol. The lowest BCUT2D eigenvalue weighted by Gasteiger charge is -2.05. The van der Waals surface area contributed by atoms with Crippen molar-refractivity contribution in [3.05, 3.63) is 71.6 Å². The number of benzene rings is 1. The van der Waals surface area contributed by atoms with E-state index in [1.807, 2.05) is 36.4 Å². The second-order valence-electron chi connectivity index (χ2n) is 4.76. The molecule has 0 amide bonds. The number of rotatable bonds is 4. The van der Waals surface area contributed by atoms with Crippen molar-refractivity contribution in [3.63, 3.8) is 0 Å². The van der Waals surface area contributed by atoms with Gasteiger partial charge in [-0.25, -0.2) is 0 Å². The van der Waals surface area contributed by atoms with Gasteiger partial charge in [0, 0.05) is 18.0 Å². The summed E-state index contributed by atoms with van der Waals surface area (Å²) in [7, 11) is 0. The molecular formula is C17H17NO. The maximum Gasteiger partial charge on any atom is 0.185 e. The summed E-state index contributed by atoms with van der Waals surface area (Å²) in [6, 6.07) is 11.5. The third-order valence-corrected chi connectivity index (χ3v) is 2.97. The summed E-state index contributed by atoms with van der Waals surface area (Å²) in [6.45, 7) is 4.28. The molecule has 2 rings (SSSR count). The first-order valence-corrected chi connectivity index (χ1v) is 6.39. The van der Waals surface area contributed by atoms with Crippen LogP contribution in [0.15, 0.2) is 54.9 Å². The third-order valence-electron chi connectivity index (χ3n) is 2.97. The predicted octanol–water partition coefficient (Wildman–Crippen LogP) is 4.10. The van der Waals surface area contributed by atoms with Crippen LogP contribution < -0.4 is 0 Å². The van der Waals surface area contributed by atoms with Crippen molar-refractivity contribution in [1.29, 1.82) is 0 Å². The predicted molar refractivity (Wildman–Crippen MR) is 78.1 cm³/mol. The summed E-state index contributed by atoms with van der Waals surface area (Å²) >= 11 is 0. The Kier molecular flexibility index (Phi) is 4.24. The van der Waals surface area contributed by atoms with Gasteiger partial charge in [0.1, 0.15) is 0 Å². The number of ketones is 1. The average Bonchev–Trinajstić information content (AvgIpc) is 2.46. The van der Waals surface area contributed by atoms with Crippen molar-refractivity contribution in [3.8, 4) is 0 Å². The van der Waals surface area contributed by atoms with Gasteiger partial charge in [-0.2, -0.15) is 0 Å². The molecule has 2 nitrogen and oxygen atoms in total. The molecule has 19 heavy (non-hydrogen) atoms. The number of nitrogens with zero attached hydrogens (tertiary/aromatic N) is 1. The second-order valence-corrected chi connectivity index (χ2v) is 4.76. The summed E-state index contributed by atoms with van der Waals surface area (Å²) in [4.78, 5) is 16.0. The first kappa shape index (κ1) is 13.2. The summed E-state index contributed by atoms with van der Waals surface area (Å²) < 4.78 is 0. The van der Waals surface area contributed by atoms with Crippen LogP contribution in [0.2, 0.25) is 0 Å². The van der Waals surface area contributed by atoms with Crippen molar-refractivity contribution in [2.24, 2.45) is 0 Å². The largest absolute Gasteiger partial charge is 0.289 e. The molecule has 1 heterocycles. The standard InChI is InChI=1S/C17H17NO/c1-13(2)15-6-8-16(9-7-15)17(19)10-5-14-4-3-11-18-12-14/h3-13H,1-2H3/b10-5+. The lowest BCUT2D eigenvalue weighted by molar-refractivity contribution is 0.104. The molecule has 1 aromatic heterocycles. The number of hydrogen-bond donors (Lipinski definition) is 0. The quantitative estimate of drug-likeness (QED) is 0.605. The molecule has 0 aliphatic rings. The number of aromatic nitrogens is 1. The maximum atomic E-state index is 12.0. The molecule has 0 saturated carbocycles. The Morgan fingerprint density at radius 2 is 1.89 bits per heavy atom. The highest BCUT2D eigenvalue weighted by Gasteiger charge is 2.03. The zero-order valence-electron chi connectivity index (χ0n) is 11.2. The number of hydrogen-bond acceptors (Lipinski definition) is 2. The number of carbonyl (C=O) groups excluding carboxylic acids is 1. The molecule has 0 spiro atoms. The van der Waals surface area contributed by atoms with Crippen molar-refractivity contribution >= 4 is 11.9 Å². The first-order valence-electron chi connectivity index (χ1n) is 6.39. The van der Waals surface area contributed by atoms with Gasteiger partial charge >= 0.3 is 0 Å². The van der Waals surface area contributed by atoms with E-state index < -0.39 is 0 Å². The molecule has 0 bridgehead atoms. The Labute approximate surface area is 113 Å². The van der Waals surface area contributed by atoms with Crippen LogP contribution in [0.1, 0.15) is 41.3 Å². The van der Waals surface area contributed by atoms with Gasteiger partial charge in [0.15, 0.2) is 5.78 Å². The van der Waals surface area contributed by atoms with Gasteiger partial charge in [0.2, 0.25) is 0 Å². The molecule has 0 atom stereocenters. The Bertz CT molecular complexity index is 568. The van der Waals surface area contributed by atoms with E-state index in [1.165, 1.54) is 5.56 Å². The van der Waals surface area contributed by atoms with Crippen LogP contribution in [0.25, 0.3) is 6.08 Å². The zero-order valence-corrected chi connectivity index (χ0v) is 11.2. The highest BCUT2D eigenvalue weighted by molar-refractivity contribution is 6.06. The maximum absolute atomic E-state index is 12.0. The molecule has 0 saturated heterocycles. The summed E-state index contributed by atoms with van der Waals surface area (Å²) in [5, 5.41) is 0. The van der Waals surface area contributed by atoms with Crippen LogP contribution in [0.4, 0.5) is 0 Å². The van der Waals surface area contributed by atoms with E-state index in [9.17, 15) is 4.79 Å². The minimum absolute atomic E-state index is 0.0131. The molecule has 0 unspecified atom stereocenters. The molecule has 0 radical (unpaired) electrons. The molecule has 0 N–H and O–H groups in total. The first-order chi connectivity index (χ1) is 9.16.